The minimum atomic E-state index is -0.392. The zero-order valence-corrected chi connectivity index (χ0v) is 14.0. The van der Waals surface area contributed by atoms with Crippen LogP contribution in [0.25, 0.3) is 5.52 Å². The summed E-state index contributed by atoms with van der Waals surface area (Å²) in [5.74, 6) is 0.0798. The van der Waals surface area contributed by atoms with E-state index in [2.05, 4.69) is 18.7 Å². The van der Waals surface area contributed by atoms with Gasteiger partial charge in [-0.2, -0.15) is 0 Å². The van der Waals surface area contributed by atoms with Crippen LogP contribution in [0.2, 0.25) is 0 Å². The van der Waals surface area contributed by atoms with Gasteiger partial charge in [-0.25, -0.2) is 0 Å². The Bertz CT molecular complexity index is 685. The quantitative estimate of drug-likeness (QED) is 0.554. The average molecular weight is 316 g/mol. The lowest BCUT2D eigenvalue weighted by atomic mass is 10.1. The highest BCUT2D eigenvalue weighted by molar-refractivity contribution is 6.05. The van der Waals surface area contributed by atoms with Gasteiger partial charge in [0.15, 0.2) is 11.5 Å². The van der Waals surface area contributed by atoms with Gasteiger partial charge in [0, 0.05) is 24.9 Å². The molecule has 23 heavy (non-hydrogen) atoms. The van der Waals surface area contributed by atoms with Crippen LogP contribution in [0, 0.1) is 0 Å². The second-order valence-corrected chi connectivity index (χ2v) is 5.65. The summed E-state index contributed by atoms with van der Waals surface area (Å²) in [5.41, 5.74) is 1.25. The maximum atomic E-state index is 12.7. The lowest BCUT2D eigenvalue weighted by Gasteiger charge is -2.19. The van der Waals surface area contributed by atoms with Gasteiger partial charge in [0.1, 0.15) is 0 Å². The van der Waals surface area contributed by atoms with E-state index in [1.54, 1.807) is 18.2 Å². The van der Waals surface area contributed by atoms with Crippen LogP contribution in [-0.4, -0.2) is 40.7 Å². The molecule has 0 saturated heterocycles. The summed E-state index contributed by atoms with van der Waals surface area (Å²) in [5, 5.41) is 0. The number of fused-ring (bicyclic) bond motifs is 1. The number of aromatic nitrogens is 1. The van der Waals surface area contributed by atoms with Crippen molar-refractivity contribution in [1.82, 2.24) is 9.30 Å². The molecule has 2 aromatic rings. The number of nitrogens with zero attached hydrogens (tertiary/aromatic N) is 2. The van der Waals surface area contributed by atoms with Gasteiger partial charge in [-0.1, -0.05) is 13.8 Å². The molecule has 0 saturated carbocycles. The van der Waals surface area contributed by atoms with Crippen molar-refractivity contribution in [2.45, 2.75) is 33.6 Å². The number of esters is 1. The van der Waals surface area contributed by atoms with Crippen molar-refractivity contribution in [2.24, 2.45) is 0 Å². The van der Waals surface area contributed by atoms with Gasteiger partial charge in [0.05, 0.1) is 12.1 Å². The number of rotatable bonds is 8. The van der Waals surface area contributed by atoms with Crippen LogP contribution < -0.4 is 4.74 Å². The normalized spacial score (nSPS) is 11.1. The molecule has 0 aliphatic carbocycles. The zero-order valence-electron chi connectivity index (χ0n) is 14.0. The number of ketones is 1. The van der Waals surface area contributed by atoms with Crippen LogP contribution in [0.4, 0.5) is 0 Å². The van der Waals surface area contributed by atoms with Gasteiger partial charge < -0.3 is 9.14 Å². The average Bonchev–Trinajstić information content (AvgIpc) is 2.92. The van der Waals surface area contributed by atoms with E-state index < -0.39 is 5.97 Å². The molecule has 124 valence electrons. The molecule has 0 aromatic carbocycles. The number of ether oxygens (including phenoxy) is 1. The number of hydrogen-bond acceptors (Lipinski definition) is 4. The van der Waals surface area contributed by atoms with Crippen molar-refractivity contribution >= 4 is 17.3 Å². The molecule has 2 aromatic heterocycles. The monoisotopic (exact) mass is 316 g/mol. The predicted octanol–water partition coefficient (Wildman–Crippen LogP) is 3.17. The highest BCUT2D eigenvalue weighted by Crippen LogP contribution is 2.25. The van der Waals surface area contributed by atoms with Crippen LogP contribution in [0.3, 0.4) is 0 Å². The molecule has 0 aliphatic heterocycles. The molecule has 0 spiro atoms. The molecule has 0 amide bonds. The van der Waals surface area contributed by atoms with Crippen molar-refractivity contribution in [1.29, 1.82) is 0 Å². The van der Waals surface area contributed by atoms with E-state index in [1.165, 1.54) is 6.92 Å². The second kappa shape index (κ2) is 7.92. The molecule has 2 heterocycles. The van der Waals surface area contributed by atoms with Crippen LogP contribution in [0.5, 0.6) is 5.75 Å². The summed E-state index contributed by atoms with van der Waals surface area (Å²) in [6, 6.07) is 5.30. The Kier molecular flexibility index (Phi) is 5.93. The molecule has 5 heteroatoms. The van der Waals surface area contributed by atoms with Crippen molar-refractivity contribution in [3.8, 4) is 5.75 Å². The molecular weight excluding hydrogens is 292 g/mol. The molecule has 0 unspecified atom stereocenters. The highest BCUT2D eigenvalue weighted by Gasteiger charge is 2.18. The number of pyridine rings is 1. The van der Waals surface area contributed by atoms with Crippen molar-refractivity contribution in [3.63, 3.8) is 0 Å². The third kappa shape index (κ3) is 4.20. The Hall–Kier alpha value is -2.14. The number of carbonyl (C=O) groups excluding carboxylic acids is 2. The number of hydrogen-bond donors (Lipinski definition) is 0. The second-order valence-electron chi connectivity index (χ2n) is 5.65. The van der Waals surface area contributed by atoms with E-state index >= 15 is 0 Å². The SMILES string of the molecule is CCCN(CCC)CC(=O)c1ccn2cccc(OC(C)=O)c12. The minimum Gasteiger partial charge on any atom is -0.424 e. The summed E-state index contributed by atoms with van der Waals surface area (Å²) in [6.45, 7) is 7.78. The summed E-state index contributed by atoms with van der Waals surface area (Å²) in [6.07, 6.45) is 5.69. The topological polar surface area (TPSA) is 51.0 Å². The molecule has 0 fully saturated rings. The summed E-state index contributed by atoms with van der Waals surface area (Å²) < 4.78 is 7.07. The minimum absolute atomic E-state index is 0.0500. The van der Waals surface area contributed by atoms with Crippen molar-refractivity contribution in [2.75, 3.05) is 19.6 Å². The lowest BCUT2D eigenvalue weighted by molar-refractivity contribution is -0.131. The Balaban J connectivity index is 2.31. The first-order valence-electron chi connectivity index (χ1n) is 8.10. The smallest absolute Gasteiger partial charge is 0.308 e. The van der Waals surface area contributed by atoms with Gasteiger partial charge in [0.25, 0.3) is 0 Å². The number of Topliss-reactive ketones (excluding diaryl/α,β-unsaturated/α-hetero) is 1. The first-order chi connectivity index (χ1) is 11.1. The van der Waals surface area contributed by atoms with Gasteiger partial charge in [-0.3, -0.25) is 14.5 Å². The number of carbonyl (C=O) groups is 2. The fourth-order valence-corrected chi connectivity index (χ4v) is 2.79. The summed E-state index contributed by atoms with van der Waals surface area (Å²) in [7, 11) is 0. The third-order valence-corrected chi connectivity index (χ3v) is 3.64. The van der Waals surface area contributed by atoms with Crippen molar-refractivity contribution in [3.05, 3.63) is 36.2 Å². The largest absolute Gasteiger partial charge is 0.424 e. The third-order valence-electron chi connectivity index (χ3n) is 3.64. The Morgan fingerprint density at radius 2 is 1.83 bits per heavy atom. The molecule has 2 rings (SSSR count). The maximum absolute atomic E-state index is 12.7. The summed E-state index contributed by atoms with van der Waals surface area (Å²) in [4.78, 5) is 26.2. The standard InChI is InChI=1S/C18H24N2O3/c1-4-9-19(10-5-2)13-16(22)15-8-12-20-11-6-7-17(18(15)20)23-14(3)21/h6-8,11-12H,4-5,9-10,13H2,1-3H3. The highest BCUT2D eigenvalue weighted by atomic mass is 16.5. The summed E-state index contributed by atoms with van der Waals surface area (Å²) >= 11 is 0. The van der Waals surface area contributed by atoms with Gasteiger partial charge in [-0.05, 0) is 44.1 Å². The van der Waals surface area contributed by atoms with Crippen LogP contribution in [0.15, 0.2) is 30.6 Å². The molecule has 0 atom stereocenters. The molecule has 0 N–H and O–H groups in total. The van der Waals surface area contributed by atoms with Gasteiger partial charge in [0.2, 0.25) is 0 Å². The molecule has 5 nitrogen and oxygen atoms in total. The Labute approximate surface area is 136 Å². The molecule has 0 radical (unpaired) electrons. The molecular formula is C18H24N2O3. The predicted molar refractivity (Wildman–Crippen MR) is 90.1 cm³/mol. The Morgan fingerprint density at radius 3 is 2.43 bits per heavy atom. The van der Waals surface area contributed by atoms with Crippen LogP contribution in [0.1, 0.15) is 44.0 Å². The van der Waals surface area contributed by atoms with E-state index in [0.717, 1.165) is 25.9 Å². The van der Waals surface area contributed by atoms with Crippen molar-refractivity contribution < 1.29 is 14.3 Å². The van der Waals surface area contributed by atoms with Crippen LogP contribution >= 0.6 is 0 Å². The van der Waals surface area contributed by atoms with Gasteiger partial charge in [-0.15, -0.1) is 0 Å². The van der Waals surface area contributed by atoms with E-state index in [9.17, 15) is 9.59 Å². The fourth-order valence-electron chi connectivity index (χ4n) is 2.79. The van der Waals surface area contributed by atoms with Crippen LogP contribution in [-0.2, 0) is 4.79 Å². The lowest BCUT2D eigenvalue weighted by Crippen LogP contribution is -2.31. The molecule has 0 bridgehead atoms. The first kappa shape index (κ1) is 17.2. The van der Waals surface area contributed by atoms with E-state index in [4.69, 9.17) is 4.74 Å². The van der Waals surface area contributed by atoms with E-state index in [0.29, 0.717) is 23.4 Å². The fraction of sp³-hybridized carbons (Fsp3) is 0.444. The maximum Gasteiger partial charge on any atom is 0.308 e. The first-order valence-corrected chi connectivity index (χ1v) is 8.10. The molecule has 0 aliphatic rings. The van der Waals surface area contributed by atoms with E-state index in [-0.39, 0.29) is 5.78 Å². The Morgan fingerprint density at radius 1 is 1.13 bits per heavy atom. The zero-order chi connectivity index (χ0) is 16.8. The van der Waals surface area contributed by atoms with E-state index in [1.807, 2.05) is 16.8 Å². The van der Waals surface area contributed by atoms with Gasteiger partial charge >= 0.3 is 5.97 Å².